The van der Waals surface area contributed by atoms with Crippen molar-refractivity contribution >= 4 is 21.6 Å². The molecule has 2 N–H and O–H groups in total. The van der Waals surface area contributed by atoms with Crippen molar-refractivity contribution in [2.24, 2.45) is 5.73 Å². The van der Waals surface area contributed by atoms with Gasteiger partial charge in [-0.15, -0.1) is 0 Å². The number of nitrogens with zero attached hydrogens (tertiary/aromatic N) is 2. The number of sulfonamides is 1. The summed E-state index contributed by atoms with van der Waals surface area (Å²) in [7, 11) is -2.38. The van der Waals surface area contributed by atoms with Crippen molar-refractivity contribution in [2.45, 2.75) is 23.8 Å². The molecule has 0 saturated carbocycles. The Labute approximate surface area is 154 Å². The Bertz CT molecular complexity index is 884. The van der Waals surface area contributed by atoms with Crippen LogP contribution in [0.5, 0.6) is 0 Å². The average Bonchev–Trinajstić information content (AvgIpc) is 2.67. The van der Waals surface area contributed by atoms with E-state index in [1.54, 1.807) is 47.4 Å². The Morgan fingerprint density at radius 1 is 1.12 bits per heavy atom. The molecule has 1 unspecified atom stereocenters. The number of rotatable bonds is 4. The first-order valence-electron chi connectivity index (χ1n) is 8.59. The lowest BCUT2D eigenvalue weighted by Crippen LogP contribution is -2.46. The minimum Gasteiger partial charge on any atom is -0.337 e. The van der Waals surface area contributed by atoms with Crippen LogP contribution >= 0.6 is 0 Å². The zero-order chi connectivity index (χ0) is 18.7. The van der Waals surface area contributed by atoms with E-state index in [4.69, 9.17) is 5.73 Å². The Kier molecular flexibility index (Phi) is 5.29. The molecule has 0 radical (unpaired) electrons. The molecule has 0 aliphatic carbocycles. The van der Waals surface area contributed by atoms with Gasteiger partial charge < -0.3 is 10.6 Å². The predicted molar refractivity (Wildman–Crippen MR) is 102 cm³/mol. The molecule has 26 heavy (non-hydrogen) atoms. The van der Waals surface area contributed by atoms with Crippen LogP contribution in [-0.4, -0.2) is 45.4 Å². The molecule has 1 saturated heterocycles. The first-order chi connectivity index (χ1) is 12.4. The zero-order valence-electron chi connectivity index (χ0n) is 14.7. The van der Waals surface area contributed by atoms with Crippen molar-refractivity contribution in [1.82, 2.24) is 4.90 Å². The number of nitrogens with two attached hydrogens (primary N) is 1. The fourth-order valence-corrected chi connectivity index (χ4v) is 4.54. The molecule has 0 aromatic heterocycles. The van der Waals surface area contributed by atoms with Crippen LogP contribution in [0, 0.1) is 0 Å². The van der Waals surface area contributed by atoms with Crippen LogP contribution in [0.25, 0.3) is 0 Å². The van der Waals surface area contributed by atoms with Crippen molar-refractivity contribution in [2.75, 3.05) is 24.4 Å². The van der Waals surface area contributed by atoms with Gasteiger partial charge in [0.15, 0.2) is 0 Å². The van der Waals surface area contributed by atoms with Gasteiger partial charge in [0, 0.05) is 26.2 Å². The fourth-order valence-electron chi connectivity index (χ4n) is 3.16. The predicted octanol–water partition coefficient (Wildman–Crippen LogP) is 2.08. The lowest BCUT2D eigenvalue weighted by Gasteiger charge is -2.31. The van der Waals surface area contributed by atoms with E-state index in [1.165, 1.54) is 17.4 Å². The maximum atomic E-state index is 13.1. The lowest BCUT2D eigenvalue weighted by atomic mass is 10.1. The smallest absolute Gasteiger partial charge is 0.264 e. The first kappa shape index (κ1) is 18.4. The van der Waals surface area contributed by atoms with Crippen molar-refractivity contribution in [1.29, 1.82) is 0 Å². The summed E-state index contributed by atoms with van der Waals surface area (Å²) in [4.78, 5) is 14.6. The van der Waals surface area contributed by atoms with Gasteiger partial charge in [-0.2, -0.15) is 0 Å². The molecule has 2 aromatic carbocycles. The second kappa shape index (κ2) is 7.47. The zero-order valence-corrected chi connectivity index (χ0v) is 15.5. The molecular formula is C19H23N3O3S. The van der Waals surface area contributed by atoms with E-state index >= 15 is 0 Å². The van der Waals surface area contributed by atoms with Crippen LogP contribution in [-0.2, 0) is 10.0 Å². The van der Waals surface area contributed by atoms with Gasteiger partial charge in [-0.1, -0.05) is 30.3 Å². The normalized spacial score (nSPS) is 17.8. The number of hydrogen-bond acceptors (Lipinski definition) is 4. The van der Waals surface area contributed by atoms with Gasteiger partial charge in [0.05, 0.1) is 11.3 Å². The second-order valence-corrected chi connectivity index (χ2v) is 8.40. The third-order valence-corrected chi connectivity index (χ3v) is 6.46. The second-order valence-electron chi connectivity index (χ2n) is 6.46. The van der Waals surface area contributed by atoms with Gasteiger partial charge in [-0.3, -0.25) is 9.10 Å². The average molecular weight is 373 g/mol. The van der Waals surface area contributed by atoms with E-state index in [1.807, 2.05) is 6.07 Å². The number of likely N-dealkylation sites (tertiary alicyclic amines) is 1. The summed E-state index contributed by atoms with van der Waals surface area (Å²) < 4.78 is 27.5. The number of benzene rings is 2. The molecule has 1 heterocycles. The van der Waals surface area contributed by atoms with E-state index in [0.717, 1.165) is 12.8 Å². The van der Waals surface area contributed by atoms with Crippen molar-refractivity contribution in [3.05, 3.63) is 60.2 Å². The minimum absolute atomic E-state index is 0.00972. The van der Waals surface area contributed by atoms with E-state index in [9.17, 15) is 13.2 Å². The molecule has 1 aliphatic rings. The number of anilines is 1. The van der Waals surface area contributed by atoms with E-state index in [2.05, 4.69) is 0 Å². The molecule has 3 rings (SSSR count). The largest absolute Gasteiger partial charge is 0.337 e. The van der Waals surface area contributed by atoms with Gasteiger partial charge in [0.2, 0.25) is 0 Å². The summed E-state index contributed by atoms with van der Waals surface area (Å²) in [5.74, 6) is -0.291. The maximum absolute atomic E-state index is 13.1. The highest BCUT2D eigenvalue weighted by atomic mass is 32.2. The van der Waals surface area contributed by atoms with Crippen LogP contribution in [0.1, 0.15) is 23.2 Å². The van der Waals surface area contributed by atoms with Gasteiger partial charge >= 0.3 is 0 Å². The lowest BCUT2D eigenvalue weighted by molar-refractivity contribution is 0.0705. The molecule has 1 fully saturated rings. The third kappa shape index (κ3) is 3.59. The van der Waals surface area contributed by atoms with E-state index < -0.39 is 10.0 Å². The van der Waals surface area contributed by atoms with Crippen molar-refractivity contribution in [3.8, 4) is 0 Å². The SMILES string of the molecule is CN(c1ccccc1)S(=O)(=O)c1ccccc1C(=O)N1CCCC(N)C1. The number of hydrogen-bond donors (Lipinski definition) is 1. The number of piperidine rings is 1. The van der Waals surface area contributed by atoms with Crippen LogP contribution < -0.4 is 10.0 Å². The van der Waals surface area contributed by atoms with Gasteiger partial charge in [-0.25, -0.2) is 8.42 Å². The topological polar surface area (TPSA) is 83.7 Å². The molecule has 0 spiro atoms. The minimum atomic E-state index is -3.87. The van der Waals surface area contributed by atoms with Gasteiger partial charge in [-0.05, 0) is 37.1 Å². The summed E-state index contributed by atoms with van der Waals surface area (Å²) in [6.07, 6.45) is 1.70. The van der Waals surface area contributed by atoms with E-state index in [0.29, 0.717) is 18.8 Å². The van der Waals surface area contributed by atoms with Gasteiger partial charge in [0.1, 0.15) is 4.90 Å². The van der Waals surface area contributed by atoms with Crippen LogP contribution in [0.3, 0.4) is 0 Å². The monoisotopic (exact) mass is 373 g/mol. The summed E-state index contributed by atoms with van der Waals surface area (Å²) >= 11 is 0. The summed E-state index contributed by atoms with van der Waals surface area (Å²) in [6, 6.07) is 15.1. The quantitative estimate of drug-likeness (QED) is 0.889. The Hall–Kier alpha value is -2.38. The maximum Gasteiger partial charge on any atom is 0.264 e. The first-order valence-corrected chi connectivity index (χ1v) is 10.0. The Morgan fingerprint density at radius 2 is 1.77 bits per heavy atom. The number of para-hydroxylation sites is 1. The molecule has 138 valence electrons. The van der Waals surface area contributed by atoms with Crippen LogP contribution in [0.2, 0.25) is 0 Å². The highest BCUT2D eigenvalue weighted by molar-refractivity contribution is 7.92. The third-order valence-electron chi connectivity index (χ3n) is 4.62. The number of carbonyl (C=O) groups excluding carboxylic acids is 1. The summed E-state index contributed by atoms with van der Waals surface area (Å²) in [5, 5.41) is 0. The van der Waals surface area contributed by atoms with Gasteiger partial charge in [0.25, 0.3) is 15.9 Å². The molecule has 1 amide bonds. The molecular weight excluding hydrogens is 350 g/mol. The van der Waals surface area contributed by atoms with Crippen molar-refractivity contribution < 1.29 is 13.2 Å². The Balaban J connectivity index is 1.97. The molecule has 0 bridgehead atoms. The van der Waals surface area contributed by atoms with Crippen molar-refractivity contribution in [3.63, 3.8) is 0 Å². The highest BCUT2D eigenvalue weighted by Crippen LogP contribution is 2.25. The number of amides is 1. The van der Waals surface area contributed by atoms with Crippen LogP contribution in [0.4, 0.5) is 5.69 Å². The van der Waals surface area contributed by atoms with Crippen LogP contribution in [0.15, 0.2) is 59.5 Å². The molecule has 6 nitrogen and oxygen atoms in total. The highest BCUT2D eigenvalue weighted by Gasteiger charge is 2.30. The molecule has 2 aromatic rings. The molecule has 7 heteroatoms. The van der Waals surface area contributed by atoms with E-state index in [-0.39, 0.29) is 22.4 Å². The fraction of sp³-hybridized carbons (Fsp3) is 0.316. The molecule has 1 atom stereocenters. The standard InChI is InChI=1S/C19H23N3O3S/c1-21(16-9-3-2-4-10-16)26(24,25)18-12-6-5-11-17(18)19(23)22-13-7-8-15(20)14-22/h2-6,9-12,15H,7-8,13-14,20H2,1H3. The number of carbonyl (C=O) groups is 1. The Morgan fingerprint density at radius 3 is 2.46 bits per heavy atom. The molecule has 1 aliphatic heterocycles. The summed E-state index contributed by atoms with van der Waals surface area (Å²) in [6.45, 7) is 1.04. The summed E-state index contributed by atoms with van der Waals surface area (Å²) in [5.41, 5.74) is 6.69.